The normalized spacial score (nSPS) is 20.2. The summed E-state index contributed by atoms with van der Waals surface area (Å²) in [6, 6.07) is 0. The molecule has 0 spiro atoms. The van der Waals surface area contributed by atoms with Gasteiger partial charge in [-0.25, -0.2) is 0 Å². The Balaban J connectivity index is 2.69. The highest BCUT2D eigenvalue weighted by atomic mass is 79.9. The Labute approximate surface area is 70.4 Å². The zero-order valence-corrected chi connectivity index (χ0v) is 7.82. The second-order valence-electron chi connectivity index (χ2n) is 2.58. The molecule has 0 heterocycles. The van der Waals surface area contributed by atoms with Crippen molar-refractivity contribution in [3.05, 3.63) is 10.2 Å². The largest absolute Gasteiger partial charge is 0.268 e. The second kappa shape index (κ2) is 3.33. The van der Waals surface area contributed by atoms with E-state index in [1.807, 2.05) is 0 Å². The highest BCUT2D eigenvalue weighted by Gasteiger charge is 2.26. The van der Waals surface area contributed by atoms with Gasteiger partial charge in [-0.05, 0) is 26.0 Å². The molecule has 1 fully saturated rings. The Morgan fingerprint density at radius 3 is 2.60 bits per heavy atom. The third-order valence-electron chi connectivity index (χ3n) is 1.72. The van der Waals surface area contributed by atoms with Gasteiger partial charge in [0.15, 0.2) is 0 Å². The average Bonchev–Trinajstić information content (AvgIpc) is 2.73. The molecule has 1 nitrogen and oxygen atoms in total. The molecule has 0 aromatic carbocycles. The molecule has 2 heteroatoms. The van der Waals surface area contributed by atoms with Crippen LogP contribution in [0.1, 0.15) is 26.2 Å². The predicted molar refractivity (Wildman–Crippen MR) is 48.5 cm³/mol. The molecule has 1 rings (SSSR count). The molecule has 10 heavy (non-hydrogen) atoms. The molecule has 0 aromatic heterocycles. The smallest absolute Gasteiger partial charge is 0.0528 e. The predicted octanol–water partition coefficient (Wildman–Crippen LogP) is 3.11. The summed E-state index contributed by atoms with van der Waals surface area (Å²) >= 11 is 3.49. The van der Waals surface area contributed by atoms with Crippen LogP contribution in [0.5, 0.6) is 0 Å². The molecule has 0 bridgehead atoms. The third-order valence-corrected chi connectivity index (χ3v) is 2.69. The van der Waals surface area contributed by atoms with Crippen molar-refractivity contribution in [2.24, 2.45) is 10.9 Å². The van der Waals surface area contributed by atoms with Gasteiger partial charge < -0.3 is 0 Å². The van der Waals surface area contributed by atoms with Crippen molar-refractivity contribution in [1.29, 1.82) is 0 Å². The van der Waals surface area contributed by atoms with E-state index in [0.29, 0.717) is 5.92 Å². The van der Waals surface area contributed by atoms with Gasteiger partial charge in [-0.3, -0.25) is 4.99 Å². The lowest BCUT2D eigenvalue weighted by Gasteiger charge is -2.00. The van der Waals surface area contributed by atoms with E-state index in [9.17, 15) is 0 Å². The van der Waals surface area contributed by atoms with Crippen molar-refractivity contribution >= 4 is 22.6 Å². The van der Waals surface area contributed by atoms with E-state index in [1.54, 1.807) is 0 Å². The molecule has 1 aliphatic rings. The molecule has 0 unspecified atom stereocenters. The molecule has 56 valence electrons. The first kappa shape index (κ1) is 7.99. The van der Waals surface area contributed by atoms with E-state index in [1.165, 1.54) is 23.0 Å². The van der Waals surface area contributed by atoms with Gasteiger partial charge in [0.1, 0.15) is 0 Å². The molecule has 0 aromatic rings. The summed E-state index contributed by atoms with van der Waals surface area (Å²) < 4.78 is 1.23. The zero-order valence-electron chi connectivity index (χ0n) is 6.23. The highest BCUT2D eigenvalue weighted by Crippen LogP contribution is 2.40. The summed E-state index contributed by atoms with van der Waals surface area (Å²) in [5.41, 5.74) is 1.18. The molecule has 0 aliphatic heterocycles. The van der Waals surface area contributed by atoms with Crippen LogP contribution < -0.4 is 0 Å². The Kier molecular flexibility index (Phi) is 2.66. The Morgan fingerprint density at radius 1 is 1.70 bits per heavy atom. The molecular weight excluding hydrogens is 190 g/mol. The standard InChI is InChI=1S/C8H12BrN/c1-3-7(9)8(10-2)6-4-5-6/h6H,2-5H2,1H3/b8-7+. The number of hydrogen-bond acceptors (Lipinski definition) is 1. The van der Waals surface area contributed by atoms with Crippen molar-refractivity contribution in [2.45, 2.75) is 26.2 Å². The van der Waals surface area contributed by atoms with Gasteiger partial charge in [0.25, 0.3) is 0 Å². The van der Waals surface area contributed by atoms with Crippen LogP contribution in [0.3, 0.4) is 0 Å². The minimum Gasteiger partial charge on any atom is -0.268 e. The lowest BCUT2D eigenvalue weighted by molar-refractivity contribution is 0.955. The van der Waals surface area contributed by atoms with Gasteiger partial charge in [-0.2, -0.15) is 0 Å². The molecular formula is C8H12BrN. The Morgan fingerprint density at radius 2 is 2.30 bits per heavy atom. The van der Waals surface area contributed by atoms with Crippen LogP contribution in [0, 0.1) is 5.92 Å². The number of halogens is 1. The van der Waals surface area contributed by atoms with E-state index in [2.05, 4.69) is 34.6 Å². The summed E-state index contributed by atoms with van der Waals surface area (Å²) in [6.45, 7) is 5.68. The number of nitrogens with zero attached hydrogens (tertiary/aromatic N) is 1. The Hall–Kier alpha value is -0.110. The highest BCUT2D eigenvalue weighted by molar-refractivity contribution is 9.11. The molecule has 0 N–H and O–H groups in total. The van der Waals surface area contributed by atoms with Gasteiger partial charge >= 0.3 is 0 Å². The van der Waals surface area contributed by atoms with Crippen LogP contribution >= 0.6 is 15.9 Å². The van der Waals surface area contributed by atoms with Crippen LogP contribution in [0.4, 0.5) is 0 Å². The van der Waals surface area contributed by atoms with Gasteiger partial charge in [0, 0.05) is 10.4 Å². The van der Waals surface area contributed by atoms with E-state index in [-0.39, 0.29) is 0 Å². The molecule has 0 radical (unpaired) electrons. The fraction of sp³-hybridized carbons (Fsp3) is 0.625. The summed E-state index contributed by atoms with van der Waals surface area (Å²) in [7, 11) is 0. The number of aliphatic imine (C=N–C) groups is 1. The van der Waals surface area contributed by atoms with Crippen LogP contribution in [-0.4, -0.2) is 6.72 Å². The molecule has 0 saturated heterocycles. The Bertz CT molecular complexity index is 168. The lowest BCUT2D eigenvalue weighted by Crippen LogP contribution is -1.83. The van der Waals surface area contributed by atoms with Crippen molar-refractivity contribution in [2.75, 3.05) is 0 Å². The summed E-state index contributed by atoms with van der Waals surface area (Å²) in [6.07, 6.45) is 3.62. The number of hydrogen-bond donors (Lipinski definition) is 0. The van der Waals surface area contributed by atoms with E-state index in [4.69, 9.17) is 0 Å². The van der Waals surface area contributed by atoms with Crippen LogP contribution in [-0.2, 0) is 0 Å². The number of rotatable bonds is 3. The minimum absolute atomic E-state index is 0.715. The summed E-state index contributed by atoms with van der Waals surface area (Å²) in [4.78, 5) is 4.00. The minimum atomic E-state index is 0.715. The third kappa shape index (κ3) is 1.69. The molecule has 0 amide bonds. The molecule has 1 aliphatic carbocycles. The van der Waals surface area contributed by atoms with Crippen LogP contribution in [0.25, 0.3) is 0 Å². The van der Waals surface area contributed by atoms with E-state index in [0.717, 1.165) is 6.42 Å². The van der Waals surface area contributed by atoms with Crippen LogP contribution in [0.2, 0.25) is 0 Å². The fourth-order valence-electron chi connectivity index (χ4n) is 0.974. The fourth-order valence-corrected chi connectivity index (χ4v) is 1.42. The monoisotopic (exact) mass is 201 g/mol. The van der Waals surface area contributed by atoms with Crippen molar-refractivity contribution < 1.29 is 0 Å². The molecule has 0 atom stereocenters. The van der Waals surface area contributed by atoms with Gasteiger partial charge in [-0.1, -0.05) is 22.9 Å². The first-order chi connectivity index (χ1) is 4.79. The van der Waals surface area contributed by atoms with Gasteiger partial charge in [0.05, 0.1) is 5.70 Å². The summed E-state index contributed by atoms with van der Waals surface area (Å²) in [5, 5.41) is 0. The van der Waals surface area contributed by atoms with E-state index >= 15 is 0 Å². The first-order valence-electron chi connectivity index (χ1n) is 3.64. The first-order valence-corrected chi connectivity index (χ1v) is 4.44. The number of allylic oxidation sites excluding steroid dienone is 2. The lowest BCUT2D eigenvalue weighted by atomic mass is 10.2. The zero-order chi connectivity index (χ0) is 7.56. The average molecular weight is 202 g/mol. The topological polar surface area (TPSA) is 12.4 Å². The maximum absolute atomic E-state index is 4.00. The quantitative estimate of drug-likeness (QED) is 0.623. The van der Waals surface area contributed by atoms with Crippen molar-refractivity contribution in [1.82, 2.24) is 0 Å². The van der Waals surface area contributed by atoms with Crippen molar-refractivity contribution in [3.8, 4) is 0 Å². The van der Waals surface area contributed by atoms with E-state index < -0.39 is 0 Å². The van der Waals surface area contributed by atoms with Crippen molar-refractivity contribution in [3.63, 3.8) is 0 Å². The maximum atomic E-state index is 4.00. The second-order valence-corrected chi connectivity index (χ2v) is 3.53. The summed E-state index contributed by atoms with van der Waals surface area (Å²) in [5.74, 6) is 0.715. The van der Waals surface area contributed by atoms with Gasteiger partial charge in [-0.15, -0.1) is 0 Å². The molecule has 1 saturated carbocycles. The van der Waals surface area contributed by atoms with Crippen LogP contribution in [0.15, 0.2) is 15.2 Å². The SMILES string of the molecule is C=N/C(=C(/Br)CC)C1CC1. The van der Waals surface area contributed by atoms with Gasteiger partial charge in [0.2, 0.25) is 0 Å². The maximum Gasteiger partial charge on any atom is 0.0528 e.